The van der Waals surface area contributed by atoms with E-state index in [4.69, 9.17) is 17.3 Å². The lowest BCUT2D eigenvalue weighted by molar-refractivity contribution is -0.116. The maximum absolute atomic E-state index is 12.7. The molecular weight excluding hydrogens is 432 g/mol. The molecule has 0 spiro atoms. The Balaban J connectivity index is 1.48. The molecule has 0 aliphatic carbocycles. The highest BCUT2D eigenvalue weighted by Crippen LogP contribution is 2.33. The highest BCUT2D eigenvalue weighted by molar-refractivity contribution is 6.34. The first-order valence-corrected chi connectivity index (χ1v) is 10.3. The summed E-state index contributed by atoms with van der Waals surface area (Å²) in [5.74, 6) is 0.793. The molecule has 32 heavy (non-hydrogen) atoms. The lowest BCUT2D eigenvalue weighted by Gasteiger charge is -2.29. The van der Waals surface area contributed by atoms with Gasteiger partial charge in [-0.2, -0.15) is 0 Å². The number of anilines is 3. The quantitative estimate of drug-likeness (QED) is 0.453. The van der Waals surface area contributed by atoms with Crippen molar-refractivity contribution in [3.63, 3.8) is 0 Å². The Morgan fingerprint density at radius 3 is 2.88 bits per heavy atom. The molecule has 164 valence electrons. The largest absolute Gasteiger partial charge is 0.508 e. The Labute approximate surface area is 189 Å². The van der Waals surface area contributed by atoms with Gasteiger partial charge >= 0.3 is 6.03 Å². The molecule has 0 unspecified atom stereocenters. The summed E-state index contributed by atoms with van der Waals surface area (Å²) >= 11 is 6.35. The number of urea groups is 1. The van der Waals surface area contributed by atoms with Crippen molar-refractivity contribution in [3.8, 4) is 5.75 Å². The molecule has 1 aromatic heterocycles. The number of aromatic hydroxyl groups is 1. The summed E-state index contributed by atoms with van der Waals surface area (Å²) in [5, 5.41) is 15.7. The summed E-state index contributed by atoms with van der Waals surface area (Å²) < 4.78 is 0. The molecule has 2 heterocycles. The first kappa shape index (κ1) is 21.5. The third-order valence-electron chi connectivity index (χ3n) is 5.03. The van der Waals surface area contributed by atoms with E-state index < -0.39 is 6.03 Å². The molecule has 3 aromatic rings. The molecule has 1 aliphatic rings. The van der Waals surface area contributed by atoms with Gasteiger partial charge in [0.2, 0.25) is 5.91 Å². The third-order valence-corrected chi connectivity index (χ3v) is 5.35. The highest BCUT2D eigenvalue weighted by atomic mass is 35.5. The number of hydrogen-bond acceptors (Lipinski definition) is 6. The topological polar surface area (TPSA) is 133 Å². The summed E-state index contributed by atoms with van der Waals surface area (Å²) in [6.45, 7) is 0.390. The second-order valence-corrected chi connectivity index (χ2v) is 7.63. The van der Waals surface area contributed by atoms with E-state index in [2.05, 4.69) is 20.6 Å². The van der Waals surface area contributed by atoms with Gasteiger partial charge in [0.05, 0.1) is 23.8 Å². The number of benzene rings is 2. The van der Waals surface area contributed by atoms with E-state index in [1.54, 1.807) is 42.6 Å². The number of aromatic nitrogens is 2. The number of nitrogens with two attached hydrogens (primary N) is 1. The molecule has 2 aromatic carbocycles. The van der Waals surface area contributed by atoms with Crippen molar-refractivity contribution >= 4 is 40.7 Å². The Bertz CT molecular complexity index is 1190. The Kier molecular flexibility index (Phi) is 6.20. The van der Waals surface area contributed by atoms with Crippen molar-refractivity contribution in [1.29, 1.82) is 0 Å². The van der Waals surface area contributed by atoms with Gasteiger partial charge in [0.15, 0.2) is 0 Å². The van der Waals surface area contributed by atoms with E-state index in [0.717, 1.165) is 5.56 Å². The van der Waals surface area contributed by atoms with Gasteiger partial charge < -0.3 is 16.2 Å². The molecule has 0 radical (unpaired) electrons. The van der Waals surface area contributed by atoms with E-state index >= 15 is 0 Å². The molecule has 4 rings (SSSR count). The fourth-order valence-electron chi connectivity index (χ4n) is 3.36. The van der Waals surface area contributed by atoms with Crippen LogP contribution in [-0.4, -0.2) is 27.0 Å². The van der Waals surface area contributed by atoms with E-state index in [1.165, 1.54) is 4.90 Å². The SMILES string of the molecule is NCc1ncc2c(n1)NC(=O)N(c1cc(NC(=O)CCc3ccccc3O)ccc1Cl)C2. The molecule has 0 saturated carbocycles. The number of hydrogen-bond donors (Lipinski definition) is 4. The number of carbonyl (C=O) groups is 2. The predicted octanol–water partition coefficient (Wildman–Crippen LogP) is 3.42. The zero-order valence-corrected chi connectivity index (χ0v) is 17.8. The fourth-order valence-corrected chi connectivity index (χ4v) is 3.58. The lowest BCUT2D eigenvalue weighted by Crippen LogP contribution is -2.39. The average molecular weight is 453 g/mol. The predicted molar refractivity (Wildman–Crippen MR) is 122 cm³/mol. The van der Waals surface area contributed by atoms with Crippen LogP contribution in [0.25, 0.3) is 0 Å². The fraction of sp³-hybridized carbons (Fsp3) is 0.182. The highest BCUT2D eigenvalue weighted by Gasteiger charge is 2.27. The minimum atomic E-state index is -0.399. The average Bonchev–Trinajstić information content (AvgIpc) is 2.79. The first-order chi connectivity index (χ1) is 15.4. The van der Waals surface area contributed by atoms with Crippen molar-refractivity contribution < 1.29 is 14.7 Å². The van der Waals surface area contributed by atoms with Gasteiger partial charge in [-0.1, -0.05) is 29.8 Å². The number of amides is 3. The van der Waals surface area contributed by atoms with Crippen LogP contribution in [0.4, 0.5) is 22.0 Å². The van der Waals surface area contributed by atoms with Crippen molar-refractivity contribution in [1.82, 2.24) is 9.97 Å². The molecule has 0 fully saturated rings. The van der Waals surface area contributed by atoms with Gasteiger partial charge in [-0.25, -0.2) is 14.8 Å². The molecule has 1 aliphatic heterocycles. The van der Waals surface area contributed by atoms with Gasteiger partial charge in [0.1, 0.15) is 17.4 Å². The number of rotatable bonds is 6. The lowest BCUT2D eigenvalue weighted by atomic mass is 10.1. The smallest absolute Gasteiger partial charge is 0.327 e. The van der Waals surface area contributed by atoms with Crippen LogP contribution in [0.2, 0.25) is 5.02 Å². The number of fused-ring (bicyclic) bond motifs is 1. The number of nitrogens with zero attached hydrogens (tertiary/aromatic N) is 3. The number of nitrogens with one attached hydrogen (secondary N) is 2. The van der Waals surface area contributed by atoms with Crippen LogP contribution in [-0.2, 0) is 24.3 Å². The minimum Gasteiger partial charge on any atom is -0.508 e. The van der Waals surface area contributed by atoms with Crippen LogP contribution in [0.15, 0.2) is 48.7 Å². The zero-order chi connectivity index (χ0) is 22.7. The number of para-hydroxylation sites is 1. The van der Waals surface area contributed by atoms with Gasteiger partial charge in [-0.05, 0) is 36.2 Å². The van der Waals surface area contributed by atoms with E-state index in [9.17, 15) is 14.7 Å². The summed E-state index contributed by atoms with van der Waals surface area (Å²) in [7, 11) is 0. The molecule has 3 amide bonds. The summed E-state index contributed by atoms with van der Waals surface area (Å²) in [6, 6.07) is 11.4. The first-order valence-electron chi connectivity index (χ1n) is 9.94. The molecule has 10 heteroatoms. The Morgan fingerprint density at radius 2 is 2.09 bits per heavy atom. The second-order valence-electron chi connectivity index (χ2n) is 7.22. The van der Waals surface area contributed by atoms with Crippen LogP contribution in [0.1, 0.15) is 23.4 Å². The van der Waals surface area contributed by atoms with Crippen molar-refractivity contribution in [2.75, 3.05) is 15.5 Å². The number of phenols is 1. The van der Waals surface area contributed by atoms with Crippen LogP contribution in [0, 0.1) is 0 Å². The number of halogens is 1. The van der Waals surface area contributed by atoms with Gasteiger partial charge in [0, 0.05) is 23.9 Å². The molecule has 5 N–H and O–H groups in total. The summed E-state index contributed by atoms with van der Waals surface area (Å²) in [5.41, 5.74) is 7.92. The maximum atomic E-state index is 12.7. The Hall–Kier alpha value is -3.69. The third kappa shape index (κ3) is 4.63. The summed E-state index contributed by atoms with van der Waals surface area (Å²) in [4.78, 5) is 35.0. The molecule has 9 nitrogen and oxygen atoms in total. The number of aryl methyl sites for hydroxylation is 1. The van der Waals surface area contributed by atoms with Gasteiger partial charge in [0.25, 0.3) is 0 Å². The minimum absolute atomic E-state index is 0.160. The van der Waals surface area contributed by atoms with Crippen molar-refractivity contribution in [2.24, 2.45) is 5.73 Å². The number of carbonyl (C=O) groups excluding carboxylic acids is 2. The molecule has 0 atom stereocenters. The van der Waals surface area contributed by atoms with E-state index in [0.29, 0.717) is 40.0 Å². The van der Waals surface area contributed by atoms with E-state index in [1.807, 2.05) is 6.07 Å². The standard InChI is InChI=1S/C22H21ClN6O3/c23-16-7-6-15(26-20(31)8-5-13-3-1-2-4-18(13)30)9-17(16)29-12-14-11-25-19(10-24)27-21(14)28-22(29)32/h1-4,6-7,9,11,30H,5,8,10,12,24H2,(H,26,31)(H,25,27,28,32). The molecular formula is C22H21ClN6O3. The molecule has 0 bridgehead atoms. The zero-order valence-electron chi connectivity index (χ0n) is 17.0. The van der Waals surface area contributed by atoms with E-state index in [-0.39, 0.29) is 31.2 Å². The van der Waals surface area contributed by atoms with Gasteiger partial charge in [-0.15, -0.1) is 0 Å². The normalized spacial score (nSPS) is 12.8. The maximum Gasteiger partial charge on any atom is 0.327 e. The second kappa shape index (κ2) is 9.21. The van der Waals surface area contributed by atoms with Crippen LogP contribution < -0.4 is 21.3 Å². The van der Waals surface area contributed by atoms with Crippen LogP contribution in [0.5, 0.6) is 5.75 Å². The van der Waals surface area contributed by atoms with Crippen molar-refractivity contribution in [3.05, 3.63) is 70.6 Å². The Morgan fingerprint density at radius 1 is 1.28 bits per heavy atom. The summed E-state index contributed by atoms with van der Waals surface area (Å²) in [6.07, 6.45) is 2.21. The monoisotopic (exact) mass is 452 g/mol. The van der Waals surface area contributed by atoms with Crippen LogP contribution in [0.3, 0.4) is 0 Å². The molecule has 0 saturated heterocycles. The van der Waals surface area contributed by atoms with Gasteiger partial charge in [-0.3, -0.25) is 15.0 Å². The number of phenolic OH excluding ortho intramolecular Hbond substituents is 1. The van der Waals surface area contributed by atoms with Crippen LogP contribution >= 0.6 is 11.6 Å². The van der Waals surface area contributed by atoms with Crippen molar-refractivity contribution in [2.45, 2.75) is 25.9 Å².